The first kappa shape index (κ1) is 16.0. The third-order valence-corrected chi connectivity index (χ3v) is 4.63. The molecular weight excluding hydrogens is 334 g/mol. The van der Waals surface area contributed by atoms with Gasteiger partial charge in [-0.05, 0) is 44.4 Å². The number of aliphatic carboxylic acids is 1. The van der Waals surface area contributed by atoms with Crippen LogP contribution in [0.2, 0.25) is 0 Å². The molecule has 1 aliphatic rings. The molecule has 4 nitrogen and oxygen atoms in total. The van der Waals surface area contributed by atoms with E-state index in [-0.39, 0.29) is 5.91 Å². The maximum atomic E-state index is 12.8. The zero-order chi connectivity index (χ0) is 15.6. The SMILES string of the molecule is CC(C)(C(=O)N1CCC[C@H](C(=O)O)C1)c1cccc(Br)c1. The highest BCUT2D eigenvalue weighted by Gasteiger charge is 2.37. The fourth-order valence-corrected chi connectivity index (χ4v) is 3.16. The summed E-state index contributed by atoms with van der Waals surface area (Å²) in [5.74, 6) is -1.26. The molecule has 1 aliphatic heterocycles. The Morgan fingerprint density at radius 2 is 2.10 bits per heavy atom. The van der Waals surface area contributed by atoms with Crippen LogP contribution in [0.1, 0.15) is 32.3 Å². The van der Waals surface area contributed by atoms with Crippen LogP contribution in [0.5, 0.6) is 0 Å². The average Bonchev–Trinajstić information content (AvgIpc) is 2.46. The van der Waals surface area contributed by atoms with Crippen LogP contribution in [0, 0.1) is 5.92 Å². The van der Waals surface area contributed by atoms with E-state index in [0.29, 0.717) is 19.5 Å². The number of benzene rings is 1. The lowest BCUT2D eigenvalue weighted by Crippen LogP contribution is -2.49. The summed E-state index contributed by atoms with van der Waals surface area (Å²) in [6, 6.07) is 7.70. The maximum absolute atomic E-state index is 12.8. The summed E-state index contributed by atoms with van der Waals surface area (Å²) in [4.78, 5) is 25.7. The van der Waals surface area contributed by atoms with Gasteiger partial charge in [-0.25, -0.2) is 0 Å². The minimum atomic E-state index is -0.812. The molecule has 1 heterocycles. The number of nitrogens with zero attached hydrogens (tertiary/aromatic N) is 1. The van der Waals surface area contributed by atoms with Crippen LogP contribution in [0.4, 0.5) is 0 Å². The number of carboxylic acid groups (broad SMARTS) is 1. The Balaban J connectivity index is 2.19. The van der Waals surface area contributed by atoms with Gasteiger partial charge in [0, 0.05) is 17.6 Å². The van der Waals surface area contributed by atoms with Gasteiger partial charge in [0.1, 0.15) is 0 Å². The molecule has 1 atom stereocenters. The van der Waals surface area contributed by atoms with Crippen LogP contribution in [-0.4, -0.2) is 35.0 Å². The second kappa shape index (κ2) is 6.18. The quantitative estimate of drug-likeness (QED) is 0.908. The zero-order valence-corrected chi connectivity index (χ0v) is 13.9. The Morgan fingerprint density at radius 3 is 2.71 bits per heavy atom. The van der Waals surface area contributed by atoms with Gasteiger partial charge >= 0.3 is 5.97 Å². The Kier molecular flexibility index (Phi) is 4.71. The molecule has 0 spiro atoms. The fraction of sp³-hybridized carbons (Fsp3) is 0.500. The molecule has 21 heavy (non-hydrogen) atoms. The van der Waals surface area contributed by atoms with Crippen molar-refractivity contribution in [3.63, 3.8) is 0 Å². The predicted octanol–water partition coefficient (Wildman–Crippen LogP) is 3.05. The van der Waals surface area contributed by atoms with Gasteiger partial charge in [-0.3, -0.25) is 9.59 Å². The van der Waals surface area contributed by atoms with E-state index in [1.54, 1.807) is 4.90 Å². The Bertz CT molecular complexity index is 556. The van der Waals surface area contributed by atoms with Crippen molar-refractivity contribution < 1.29 is 14.7 Å². The number of carbonyl (C=O) groups excluding carboxylic acids is 1. The van der Waals surface area contributed by atoms with Gasteiger partial charge in [0.25, 0.3) is 0 Å². The van der Waals surface area contributed by atoms with Crippen molar-refractivity contribution in [1.82, 2.24) is 4.90 Å². The summed E-state index contributed by atoms with van der Waals surface area (Å²) in [6.45, 7) is 4.73. The fourth-order valence-electron chi connectivity index (χ4n) is 2.76. The summed E-state index contributed by atoms with van der Waals surface area (Å²) >= 11 is 3.43. The summed E-state index contributed by atoms with van der Waals surface area (Å²) < 4.78 is 0.933. The molecule has 0 aromatic heterocycles. The number of hydrogen-bond acceptors (Lipinski definition) is 2. The number of carbonyl (C=O) groups is 2. The molecule has 1 aromatic rings. The first-order valence-corrected chi connectivity index (χ1v) is 7.90. The maximum Gasteiger partial charge on any atom is 0.308 e. The molecule has 5 heteroatoms. The second-order valence-electron chi connectivity index (χ2n) is 6.06. The van der Waals surface area contributed by atoms with Crippen molar-refractivity contribution in [3.8, 4) is 0 Å². The molecule has 0 aliphatic carbocycles. The lowest BCUT2D eigenvalue weighted by molar-refractivity contribution is -0.147. The predicted molar refractivity (Wildman–Crippen MR) is 84.1 cm³/mol. The highest BCUT2D eigenvalue weighted by Crippen LogP contribution is 2.30. The average molecular weight is 354 g/mol. The second-order valence-corrected chi connectivity index (χ2v) is 6.98. The molecule has 2 rings (SSSR count). The van der Waals surface area contributed by atoms with Gasteiger partial charge in [-0.15, -0.1) is 0 Å². The van der Waals surface area contributed by atoms with Gasteiger partial charge in [0.05, 0.1) is 11.3 Å². The standard InChI is InChI=1S/C16H20BrNO3/c1-16(2,12-6-3-7-13(17)9-12)15(21)18-8-4-5-11(10-18)14(19)20/h3,6-7,9,11H,4-5,8,10H2,1-2H3,(H,19,20)/t11-/m0/s1. The van der Waals surface area contributed by atoms with Crippen LogP contribution < -0.4 is 0 Å². The smallest absolute Gasteiger partial charge is 0.308 e. The summed E-state index contributed by atoms with van der Waals surface area (Å²) in [6.07, 6.45) is 1.40. The number of hydrogen-bond donors (Lipinski definition) is 1. The highest BCUT2D eigenvalue weighted by molar-refractivity contribution is 9.10. The lowest BCUT2D eigenvalue weighted by Gasteiger charge is -2.36. The molecule has 1 aromatic carbocycles. The van der Waals surface area contributed by atoms with Gasteiger partial charge in [0.2, 0.25) is 5.91 Å². The molecule has 0 radical (unpaired) electrons. The third-order valence-electron chi connectivity index (χ3n) is 4.14. The Hall–Kier alpha value is -1.36. The van der Waals surface area contributed by atoms with Crippen LogP contribution >= 0.6 is 15.9 Å². The Morgan fingerprint density at radius 1 is 1.38 bits per heavy atom. The van der Waals surface area contributed by atoms with Gasteiger partial charge in [-0.2, -0.15) is 0 Å². The minimum Gasteiger partial charge on any atom is -0.481 e. The van der Waals surface area contributed by atoms with E-state index in [1.807, 2.05) is 38.1 Å². The van der Waals surface area contributed by atoms with E-state index in [9.17, 15) is 9.59 Å². The number of halogens is 1. The summed E-state index contributed by atoms with van der Waals surface area (Å²) in [5.41, 5.74) is 0.267. The Labute approximate surface area is 133 Å². The lowest BCUT2D eigenvalue weighted by atomic mass is 9.82. The summed E-state index contributed by atoms with van der Waals surface area (Å²) in [5, 5.41) is 9.15. The van der Waals surface area contributed by atoms with E-state index >= 15 is 0 Å². The van der Waals surface area contributed by atoms with Crippen molar-refractivity contribution in [3.05, 3.63) is 34.3 Å². The van der Waals surface area contributed by atoms with E-state index in [2.05, 4.69) is 15.9 Å². The first-order chi connectivity index (χ1) is 9.82. The topological polar surface area (TPSA) is 57.6 Å². The van der Waals surface area contributed by atoms with E-state index in [1.165, 1.54) is 0 Å². The van der Waals surface area contributed by atoms with Gasteiger partial charge < -0.3 is 10.0 Å². The van der Waals surface area contributed by atoms with Crippen molar-refractivity contribution in [1.29, 1.82) is 0 Å². The monoisotopic (exact) mass is 353 g/mol. The molecule has 1 fully saturated rings. The van der Waals surface area contributed by atoms with Crippen molar-refractivity contribution >= 4 is 27.8 Å². The summed E-state index contributed by atoms with van der Waals surface area (Å²) in [7, 11) is 0. The number of carboxylic acids is 1. The number of amides is 1. The molecule has 1 saturated heterocycles. The van der Waals surface area contributed by atoms with Crippen molar-refractivity contribution in [2.75, 3.05) is 13.1 Å². The van der Waals surface area contributed by atoms with E-state index in [0.717, 1.165) is 16.5 Å². The van der Waals surface area contributed by atoms with Crippen LogP contribution in [0.3, 0.4) is 0 Å². The van der Waals surface area contributed by atoms with E-state index in [4.69, 9.17) is 5.11 Å². The number of rotatable bonds is 3. The molecule has 114 valence electrons. The van der Waals surface area contributed by atoms with Crippen LogP contribution in [0.25, 0.3) is 0 Å². The molecular formula is C16H20BrNO3. The van der Waals surface area contributed by atoms with Crippen LogP contribution in [0.15, 0.2) is 28.7 Å². The minimum absolute atomic E-state index is 0.00782. The van der Waals surface area contributed by atoms with E-state index < -0.39 is 17.3 Å². The first-order valence-electron chi connectivity index (χ1n) is 7.10. The number of likely N-dealkylation sites (tertiary alicyclic amines) is 1. The van der Waals surface area contributed by atoms with Crippen LogP contribution in [-0.2, 0) is 15.0 Å². The molecule has 1 N–H and O–H groups in total. The highest BCUT2D eigenvalue weighted by atomic mass is 79.9. The normalized spacial score (nSPS) is 19.4. The molecule has 1 amide bonds. The van der Waals surface area contributed by atoms with Gasteiger partial charge in [0.15, 0.2) is 0 Å². The largest absolute Gasteiger partial charge is 0.481 e. The number of piperidine rings is 1. The zero-order valence-electron chi connectivity index (χ0n) is 12.3. The van der Waals surface area contributed by atoms with Gasteiger partial charge in [-0.1, -0.05) is 28.1 Å². The molecule has 0 saturated carbocycles. The molecule has 0 bridgehead atoms. The van der Waals surface area contributed by atoms with Crippen molar-refractivity contribution in [2.45, 2.75) is 32.1 Å². The molecule has 0 unspecified atom stereocenters. The third kappa shape index (κ3) is 3.46. The van der Waals surface area contributed by atoms with Crippen molar-refractivity contribution in [2.24, 2.45) is 5.92 Å².